The summed E-state index contributed by atoms with van der Waals surface area (Å²) < 4.78 is 0. The van der Waals surface area contributed by atoms with E-state index >= 15 is 0 Å². The van der Waals surface area contributed by atoms with Gasteiger partial charge in [0.2, 0.25) is 0 Å². The number of nitrogens with one attached hydrogen (secondary N) is 1. The first-order valence-electron chi connectivity index (χ1n) is 4.09. The van der Waals surface area contributed by atoms with Crippen LogP contribution in [0.15, 0.2) is 23.4 Å². The second kappa shape index (κ2) is 4.41. The molecule has 80 valence electrons. The maximum absolute atomic E-state index is 10.6. The lowest BCUT2D eigenvalue weighted by Gasteiger charge is -2.21. The number of carbonyl (C=O) groups is 3. The Labute approximate surface area is 84.9 Å². The van der Waals surface area contributed by atoms with E-state index in [2.05, 4.69) is 5.32 Å². The molecule has 1 N–H and O–H groups in total. The Balaban J connectivity index is 2.99. The maximum atomic E-state index is 10.6. The van der Waals surface area contributed by atoms with E-state index in [-0.39, 0.29) is 17.7 Å². The Morgan fingerprint density at radius 2 is 2.07 bits per heavy atom. The van der Waals surface area contributed by atoms with Crippen LogP contribution in [0, 0.1) is 0 Å². The van der Waals surface area contributed by atoms with Gasteiger partial charge in [-0.15, -0.1) is 0 Å². The predicted molar refractivity (Wildman–Crippen MR) is 43.8 cm³/mol. The minimum Gasteiger partial charge on any atom is -0.548 e. The molecule has 0 saturated carbocycles. The van der Waals surface area contributed by atoms with Crippen molar-refractivity contribution in [1.29, 1.82) is 0 Å². The van der Waals surface area contributed by atoms with Crippen molar-refractivity contribution in [2.24, 2.45) is 0 Å². The zero-order valence-electron chi connectivity index (χ0n) is 7.56. The van der Waals surface area contributed by atoms with Crippen molar-refractivity contribution in [3.05, 3.63) is 23.4 Å². The van der Waals surface area contributed by atoms with E-state index in [4.69, 9.17) is 0 Å². The number of aliphatic carboxylic acids is 2. The molecule has 6 nitrogen and oxygen atoms in total. The molecule has 0 saturated heterocycles. The van der Waals surface area contributed by atoms with E-state index in [9.17, 15) is 24.6 Å². The van der Waals surface area contributed by atoms with Gasteiger partial charge in [-0.25, -0.2) is 0 Å². The van der Waals surface area contributed by atoms with Crippen LogP contribution in [0.2, 0.25) is 0 Å². The van der Waals surface area contributed by atoms with Crippen molar-refractivity contribution < 1.29 is 24.6 Å². The third kappa shape index (κ3) is 2.67. The van der Waals surface area contributed by atoms with E-state index in [0.29, 0.717) is 6.29 Å². The van der Waals surface area contributed by atoms with Gasteiger partial charge in [0.25, 0.3) is 0 Å². The van der Waals surface area contributed by atoms with E-state index < -0.39 is 18.0 Å². The highest BCUT2D eigenvalue weighted by Gasteiger charge is 2.16. The van der Waals surface area contributed by atoms with E-state index in [0.717, 1.165) is 6.08 Å². The molecule has 0 aliphatic carbocycles. The quantitative estimate of drug-likeness (QED) is 0.492. The molecule has 0 bridgehead atoms. The van der Waals surface area contributed by atoms with Gasteiger partial charge in [0, 0.05) is 6.42 Å². The van der Waals surface area contributed by atoms with Gasteiger partial charge in [0.05, 0.1) is 23.7 Å². The molecule has 0 amide bonds. The number of hydrogen-bond acceptors (Lipinski definition) is 6. The zero-order chi connectivity index (χ0) is 11.4. The van der Waals surface area contributed by atoms with Gasteiger partial charge in [-0.3, -0.25) is 4.79 Å². The number of allylic oxidation sites excluding steroid dienone is 2. The standard InChI is InChI=1S/C9H9NO5/c11-4-5-1-2-6(8(12)13)10-7(3-5)9(14)15/h1-2,4,7,10H,3H2,(H,12,13)(H,14,15)/p-2. The lowest BCUT2D eigenvalue weighted by molar-refractivity contribution is -0.308. The van der Waals surface area contributed by atoms with Crippen molar-refractivity contribution in [3.63, 3.8) is 0 Å². The first kappa shape index (κ1) is 11.0. The molecule has 0 aromatic carbocycles. The second-order valence-corrected chi connectivity index (χ2v) is 2.95. The Bertz CT molecular complexity index is 369. The highest BCUT2D eigenvalue weighted by atomic mass is 16.4. The highest BCUT2D eigenvalue weighted by molar-refractivity contribution is 5.87. The summed E-state index contributed by atoms with van der Waals surface area (Å²) in [5, 5.41) is 23.3. The minimum atomic E-state index is -1.54. The largest absolute Gasteiger partial charge is 0.548 e. The summed E-state index contributed by atoms with van der Waals surface area (Å²) in [6.07, 6.45) is 2.65. The molecule has 1 atom stereocenters. The van der Waals surface area contributed by atoms with Gasteiger partial charge in [0.15, 0.2) is 0 Å². The molecule has 1 aliphatic heterocycles. The van der Waals surface area contributed by atoms with Crippen molar-refractivity contribution >= 4 is 18.2 Å². The number of carbonyl (C=O) groups excluding carboxylic acids is 3. The van der Waals surface area contributed by atoms with Crippen LogP contribution in [0.1, 0.15) is 6.42 Å². The molecule has 15 heavy (non-hydrogen) atoms. The lowest BCUT2D eigenvalue weighted by atomic mass is 10.1. The molecule has 0 radical (unpaired) electrons. The number of rotatable bonds is 3. The smallest absolute Gasteiger partial charge is 0.146 e. The number of carboxylic acid groups (broad SMARTS) is 2. The second-order valence-electron chi connectivity index (χ2n) is 2.95. The normalized spacial score (nSPS) is 20.4. The fourth-order valence-electron chi connectivity index (χ4n) is 1.14. The first-order chi connectivity index (χ1) is 7.04. The third-order valence-electron chi connectivity index (χ3n) is 1.89. The molecule has 0 fully saturated rings. The van der Waals surface area contributed by atoms with Gasteiger partial charge in [-0.1, -0.05) is 6.08 Å². The van der Waals surface area contributed by atoms with Crippen molar-refractivity contribution in [2.45, 2.75) is 12.5 Å². The van der Waals surface area contributed by atoms with Crippen molar-refractivity contribution in [3.8, 4) is 0 Å². The molecule has 1 unspecified atom stereocenters. The van der Waals surface area contributed by atoms with Gasteiger partial charge in [-0.05, 0) is 11.6 Å². The molecular formula is C9H7NO5-2. The molecule has 1 rings (SSSR count). The van der Waals surface area contributed by atoms with Crippen LogP contribution in [0.4, 0.5) is 0 Å². The average Bonchev–Trinajstić information content (AvgIpc) is 2.39. The van der Waals surface area contributed by atoms with Gasteiger partial charge >= 0.3 is 0 Å². The van der Waals surface area contributed by atoms with Gasteiger partial charge < -0.3 is 25.1 Å². The summed E-state index contributed by atoms with van der Waals surface area (Å²) in [5.41, 5.74) is -0.214. The van der Waals surface area contributed by atoms with Crippen LogP contribution in [-0.4, -0.2) is 24.3 Å². The van der Waals surface area contributed by atoms with Gasteiger partial charge in [-0.2, -0.15) is 0 Å². The van der Waals surface area contributed by atoms with Crippen molar-refractivity contribution in [2.75, 3.05) is 0 Å². The number of aldehydes is 1. The van der Waals surface area contributed by atoms with Crippen LogP contribution in [0.3, 0.4) is 0 Å². The van der Waals surface area contributed by atoms with Crippen LogP contribution in [-0.2, 0) is 14.4 Å². The lowest BCUT2D eigenvalue weighted by Crippen LogP contribution is -2.47. The molecule has 1 heterocycles. The molecule has 0 aromatic rings. The van der Waals surface area contributed by atoms with E-state index in [1.54, 1.807) is 0 Å². The summed E-state index contributed by atoms with van der Waals surface area (Å²) in [4.78, 5) is 31.5. The average molecular weight is 209 g/mol. The molecule has 0 aromatic heterocycles. The monoisotopic (exact) mass is 209 g/mol. The zero-order valence-corrected chi connectivity index (χ0v) is 7.56. The minimum absolute atomic E-state index is 0.126. The van der Waals surface area contributed by atoms with E-state index in [1.807, 2.05) is 0 Å². The summed E-state index contributed by atoms with van der Waals surface area (Å²) in [6, 6.07) is -1.24. The summed E-state index contributed by atoms with van der Waals surface area (Å²) in [6.45, 7) is 0. The van der Waals surface area contributed by atoms with E-state index in [1.165, 1.54) is 6.08 Å². The third-order valence-corrected chi connectivity index (χ3v) is 1.89. The Morgan fingerprint density at radius 1 is 1.40 bits per heavy atom. The topological polar surface area (TPSA) is 109 Å². The van der Waals surface area contributed by atoms with Gasteiger partial charge in [0.1, 0.15) is 6.29 Å². The predicted octanol–water partition coefficient (Wildman–Crippen LogP) is -3.14. The molecular weight excluding hydrogens is 202 g/mol. The Morgan fingerprint density at radius 3 is 2.53 bits per heavy atom. The SMILES string of the molecule is O=CC1=CC=C(C(=O)[O-])NC(C(=O)[O-])C1. The van der Waals surface area contributed by atoms with Crippen LogP contribution in [0.5, 0.6) is 0 Å². The van der Waals surface area contributed by atoms with Crippen LogP contribution >= 0.6 is 0 Å². The molecule has 1 aliphatic rings. The fraction of sp³-hybridized carbons (Fsp3) is 0.222. The highest BCUT2D eigenvalue weighted by Crippen LogP contribution is 2.09. The van der Waals surface area contributed by atoms with Crippen molar-refractivity contribution in [1.82, 2.24) is 5.32 Å². The summed E-state index contributed by atoms with van der Waals surface area (Å²) in [7, 11) is 0. The fourth-order valence-corrected chi connectivity index (χ4v) is 1.14. The maximum Gasteiger partial charge on any atom is 0.146 e. The Kier molecular flexibility index (Phi) is 3.22. The summed E-state index contributed by atoms with van der Waals surface area (Å²) >= 11 is 0. The van der Waals surface area contributed by atoms with Crippen LogP contribution < -0.4 is 15.5 Å². The molecule has 6 heteroatoms. The van der Waals surface area contributed by atoms with Crippen LogP contribution in [0.25, 0.3) is 0 Å². The number of carboxylic acids is 2. The first-order valence-corrected chi connectivity index (χ1v) is 4.09. The molecule has 0 spiro atoms. The Hall–Kier alpha value is -2.11. The summed E-state index contributed by atoms with van der Waals surface area (Å²) in [5.74, 6) is -3.01. The number of hydrogen-bond donors (Lipinski definition) is 1.